The highest BCUT2D eigenvalue weighted by Crippen LogP contribution is 2.18. The molecule has 0 unspecified atom stereocenters. The topological polar surface area (TPSA) is 61.4 Å². The summed E-state index contributed by atoms with van der Waals surface area (Å²) in [4.78, 5) is 14.4. The molecule has 0 spiro atoms. The number of hydrogen-bond acceptors (Lipinski definition) is 4. The highest BCUT2D eigenvalue weighted by molar-refractivity contribution is 7.12. The van der Waals surface area contributed by atoms with Crippen molar-refractivity contribution in [1.82, 2.24) is 5.32 Å². The van der Waals surface area contributed by atoms with Crippen LogP contribution in [-0.2, 0) is 13.0 Å². The van der Waals surface area contributed by atoms with Gasteiger partial charge < -0.3 is 15.7 Å². The average molecular weight is 304 g/mol. The number of benzene rings is 1. The summed E-state index contributed by atoms with van der Waals surface area (Å²) in [5.41, 5.74) is 1.58. The fourth-order valence-electron chi connectivity index (χ4n) is 1.91. The van der Waals surface area contributed by atoms with Crippen molar-refractivity contribution in [3.8, 4) is 0 Å². The van der Waals surface area contributed by atoms with Gasteiger partial charge in [0.05, 0.1) is 6.61 Å². The van der Waals surface area contributed by atoms with Crippen molar-refractivity contribution >= 4 is 22.9 Å². The zero-order valence-corrected chi connectivity index (χ0v) is 12.9. The van der Waals surface area contributed by atoms with Gasteiger partial charge in [0.1, 0.15) is 0 Å². The molecule has 1 aromatic carbocycles. The number of rotatable bonds is 7. The van der Waals surface area contributed by atoms with Crippen molar-refractivity contribution in [2.75, 3.05) is 18.5 Å². The van der Waals surface area contributed by atoms with E-state index in [0.717, 1.165) is 18.7 Å². The van der Waals surface area contributed by atoms with Crippen LogP contribution in [0, 0.1) is 0 Å². The highest BCUT2D eigenvalue weighted by atomic mass is 32.1. The monoisotopic (exact) mass is 304 g/mol. The van der Waals surface area contributed by atoms with Gasteiger partial charge in [0.2, 0.25) is 0 Å². The fourth-order valence-corrected chi connectivity index (χ4v) is 2.81. The third-order valence-electron chi connectivity index (χ3n) is 3.08. The number of aliphatic hydroxyl groups is 1. The predicted molar refractivity (Wildman–Crippen MR) is 86.9 cm³/mol. The molecule has 0 atom stereocenters. The number of thiophene rings is 1. The van der Waals surface area contributed by atoms with Gasteiger partial charge in [0.15, 0.2) is 0 Å². The molecule has 112 valence electrons. The van der Waals surface area contributed by atoms with Gasteiger partial charge in [-0.15, -0.1) is 11.3 Å². The van der Waals surface area contributed by atoms with Crippen molar-refractivity contribution in [3.63, 3.8) is 0 Å². The molecule has 0 aliphatic heterocycles. The van der Waals surface area contributed by atoms with Crippen LogP contribution < -0.4 is 10.6 Å². The van der Waals surface area contributed by atoms with Crippen molar-refractivity contribution < 1.29 is 9.90 Å². The van der Waals surface area contributed by atoms with Crippen molar-refractivity contribution in [1.29, 1.82) is 0 Å². The van der Waals surface area contributed by atoms with Crippen LogP contribution in [0.5, 0.6) is 0 Å². The number of carbonyl (C=O) groups is 1. The molecule has 4 nitrogen and oxygen atoms in total. The first-order valence-corrected chi connectivity index (χ1v) is 7.85. The Morgan fingerprint density at radius 3 is 2.48 bits per heavy atom. The van der Waals surface area contributed by atoms with Gasteiger partial charge in [0, 0.05) is 34.1 Å². The fraction of sp³-hybridized carbons (Fsp3) is 0.312. The third-order valence-corrected chi connectivity index (χ3v) is 4.31. The maximum atomic E-state index is 11.7. The van der Waals surface area contributed by atoms with E-state index in [1.807, 2.05) is 23.5 Å². The molecule has 5 heteroatoms. The first-order chi connectivity index (χ1) is 10.2. The Balaban J connectivity index is 1.88. The minimum atomic E-state index is -0.165. The van der Waals surface area contributed by atoms with Crippen LogP contribution in [0.15, 0.2) is 36.4 Å². The van der Waals surface area contributed by atoms with Gasteiger partial charge >= 0.3 is 0 Å². The van der Waals surface area contributed by atoms with Gasteiger partial charge in [-0.1, -0.05) is 6.92 Å². The zero-order chi connectivity index (χ0) is 15.1. The van der Waals surface area contributed by atoms with E-state index in [9.17, 15) is 4.79 Å². The smallest absolute Gasteiger partial charge is 0.251 e. The van der Waals surface area contributed by atoms with E-state index in [-0.39, 0.29) is 19.1 Å². The standard InChI is InChI=1S/C16H20N2O2S/c1-2-14-7-8-15(21-14)11-18-13-5-3-12(4-6-13)16(20)17-9-10-19/h3-8,18-19H,2,9-11H2,1H3,(H,17,20). The summed E-state index contributed by atoms with van der Waals surface area (Å²) in [7, 11) is 0. The highest BCUT2D eigenvalue weighted by Gasteiger charge is 2.04. The van der Waals surface area contributed by atoms with E-state index >= 15 is 0 Å². The summed E-state index contributed by atoms with van der Waals surface area (Å²) in [5.74, 6) is -0.165. The lowest BCUT2D eigenvalue weighted by atomic mass is 10.2. The molecule has 1 aromatic heterocycles. The molecule has 21 heavy (non-hydrogen) atoms. The Labute approximate surface area is 128 Å². The minimum Gasteiger partial charge on any atom is -0.395 e. The third kappa shape index (κ3) is 4.58. The van der Waals surface area contributed by atoms with E-state index in [2.05, 4.69) is 29.7 Å². The minimum absolute atomic E-state index is 0.0497. The lowest BCUT2D eigenvalue weighted by molar-refractivity contribution is 0.0945. The van der Waals surface area contributed by atoms with Crippen LogP contribution in [0.25, 0.3) is 0 Å². The van der Waals surface area contributed by atoms with Crippen LogP contribution in [-0.4, -0.2) is 24.2 Å². The second-order valence-corrected chi connectivity index (χ2v) is 5.88. The molecule has 3 N–H and O–H groups in total. The van der Waals surface area contributed by atoms with Gasteiger partial charge in [-0.3, -0.25) is 4.79 Å². The van der Waals surface area contributed by atoms with Gasteiger partial charge in [-0.2, -0.15) is 0 Å². The van der Waals surface area contributed by atoms with Crippen molar-refractivity contribution in [2.24, 2.45) is 0 Å². The molecule has 0 saturated carbocycles. The molecule has 1 heterocycles. The first-order valence-electron chi connectivity index (χ1n) is 7.03. The maximum Gasteiger partial charge on any atom is 0.251 e. The molecule has 2 rings (SSSR count). The van der Waals surface area contributed by atoms with E-state index in [4.69, 9.17) is 5.11 Å². The van der Waals surface area contributed by atoms with Gasteiger partial charge in [-0.05, 0) is 42.8 Å². The van der Waals surface area contributed by atoms with Crippen LogP contribution >= 0.6 is 11.3 Å². The number of anilines is 1. The van der Waals surface area contributed by atoms with Crippen LogP contribution in [0.4, 0.5) is 5.69 Å². The van der Waals surface area contributed by atoms with Crippen LogP contribution in [0.3, 0.4) is 0 Å². The largest absolute Gasteiger partial charge is 0.395 e. The number of hydrogen-bond donors (Lipinski definition) is 3. The maximum absolute atomic E-state index is 11.7. The van der Waals surface area contributed by atoms with E-state index in [0.29, 0.717) is 5.56 Å². The molecular formula is C16H20N2O2S. The van der Waals surface area contributed by atoms with Gasteiger partial charge in [-0.25, -0.2) is 0 Å². The molecule has 0 aliphatic carbocycles. The van der Waals surface area contributed by atoms with E-state index < -0.39 is 0 Å². The number of aryl methyl sites for hydroxylation is 1. The number of aliphatic hydroxyl groups excluding tert-OH is 1. The molecular weight excluding hydrogens is 284 g/mol. The molecule has 0 fully saturated rings. The lowest BCUT2D eigenvalue weighted by Gasteiger charge is -2.07. The van der Waals surface area contributed by atoms with Crippen molar-refractivity contribution in [2.45, 2.75) is 19.9 Å². The quantitative estimate of drug-likeness (QED) is 0.737. The summed E-state index contributed by atoms with van der Waals surface area (Å²) < 4.78 is 0. The summed E-state index contributed by atoms with van der Waals surface area (Å²) in [5, 5.41) is 14.7. The Morgan fingerprint density at radius 1 is 1.14 bits per heavy atom. The van der Waals surface area contributed by atoms with Crippen LogP contribution in [0.1, 0.15) is 27.0 Å². The Kier molecular flexibility index (Phi) is 5.78. The molecule has 0 aliphatic rings. The number of amides is 1. The molecule has 0 radical (unpaired) electrons. The molecule has 0 bridgehead atoms. The summed E-state index contributed by atoms with van der Waals surface area (Å²) in [6.07, 6.45) is 1.07. The van der Waals surface area contributed by atoms with E-state index in [1.165, 1.54) is 9.75 Å². The van der Waals surface area contributed by atoms with Gasteiger partial charge in [0.25, 0.3) is 5.91 Å². The first kappa shape index (κ1) is 15.5. The number of carbonyl (C=O) groups excluding carboxylic acids is 1. The summed E-state index contributed by atoms with van der Waals surface area (Å²) >= 11 is 1.82. The van der Waals surface area contributed by atoms with Crippen LogP contribution in [0.2, 0.25) is 0 Å². The second kappa shape index (κ2) is 7.81. The zero-order valence-electron chi connectivity index (χ0n) is 12.1. The van der Waals surface area contributed by atoms with E-state index in [1.54, 1.807) is 12.1 Å². The predicted octanol–water partition coefficient (Wildman–Crippen LogP) is 2.64. The Hall–Kier alpha value is -1.85. The molecule has 2 aromatic rings. The second-order valence-electron chi connectivity index (χ2n) is 4.63. The Bertz CT molecular complexity index is 578. The van der Waals surface area contributed by atoms with Crippen molar-refractivity contribution in [3.05, 3.63) is 51.7 Å². The average Bonchev–Trinajstić information content (AvgIpc) is 2.99. The Morgan fingerprint density at radius 2 is 1.86 bits per heavy atom. The normalized spacial score (nSPS) is 10.4. The molecule has 1 amide bonds. The SMILES string of the molecule is CCc1ccc(CNc2ccc(C(=O)NCCO)cc2)s1. The summed E-state index contributed by atoms with van der Waals surface area (Å²) in [6, 6.07) is 11.6. The number of nitrogens with one attached hydrogen (secondary N) is 2. The lowest BCUT2D eigenvalue weighted by Crippen LogP contribution is -2.26. The summed E-state index contributed by atoms with van der Waals surface area (Å²) in [6.45, 7) is 3.17. The molecule has 0 saturated heterocycles.